The molecule has 0 saturated carbocycles. The fraction of sp³-hybridized carbons (Fsp3) is 0.0833. The number of nitrogens with zero attached hydrogens (tertiary/aromatic N) is 1. The number of carbonyl (C=O) groups is 2. The minimum Gasteiger partial charge on any atom is -0.492 e. The third-order valence-electron chi connectivity index (χ3n) is 4.69. The van der Waals surface area contributed by atoms with Crippen LogP contribution in [0.4, 0.5) is 15.8 Å². The third-order valence-corrected chi connectivity index (χ3v) is 4.69. The molecule has 0 fully saturated rings. The van der Waals surface area contributed by atoms with Crippen molar-refractivity contribution in [3.63, 3.8) is 0 Å². The van der Waals surface area contributed by atoms with Gasteiger partial charge in [-0.3, -0.25) is 9.59 Å². The maximum absolute atomic E-state index is 14.4. The Kier molecular flexibility index (Phi) is 5.30. The average molecular weight is 402 g/mol. The zero-order chi connectivity index (χ0) is 21.1. The lowest BCUT2D eigenvalue weighted by Crippen LogP contribution is -2.33. The number of halogens is 1. The number of benzene rings is 3. The molecule has 30 heavy (non-hydrogen) atoms. The van der Waals surface area contributed by atoms with Gasteiger partial charge in [0.2, 0.25) is 0 Å². The first-order chi connectivity index (χ1) is 14.6. The summed E-state index contributed by atoms with van der Waals surface area (Å²) in [5.41, 5.74) is 1.26. The predicted molar refractivity (Wildman–Crippen MR) is 113 cm³/mol. The number of nitrogens with one attached hydrogen (secondary N) is 1. The van der Waals surface area contributed by atoms with Crippen LogP contribution in [0.25, 0.3) is 5.57 Å². The summed E-state index contributed by atoms with van der Waals surface area (Å²) in [4.78, 5) is 27.5. The van der Waals surface area contributed by atoms with Gasteiger partial charge in [-0.2, -0.15) is 0 Å². The highest BCUT2D eigenvalue weighted by atomic mass is 19.1. The van der Waals surface area contributed by atoms with Crippen LogP contribution >= 0.6 is 0 Å². The van der Waals surface area contributed by atoms with E-state index in [9.17, 15) is 14.0 Å². The van der Waals surface area contributed by atoms with Crippen molar-refractivity contribution in [2.45, 2.75) is 6.92 Å². The molecular weight excluding hydrogens is 383 g/mol. The van der Waals surface area contributed by atoms with Crippen LogP contribution in [-0.2, 0) is 9.59 Å². The summed E-state index contributed by atoms with van der Waals surface area (Å²) in [6.07, 6.45) is 0. The fourth-order valence-corrected chi connectivity index (χ4v) is 3.36. The zero-order valence-electron chi connectivity index (χ0n) is 16.3. The predicted octanol–water partition coefficient (Wildman–Crippen LogP) is 4.62. The van der Waals surface area contributed by atoms with Gasteiger partial charge in [-0.25, -0.2) is 9.29 Å². The van der Waals surface area contributed by atoms with Crippen LogP contribution in [0, 0.1) is 5.82 Å². The molecule has 0 unspecified atom stereocenters. The van der Waals surface area contributed by atoms with E-state index in [0.29, 0.717) is 23.6 Å². The molecule has 1 N–H and O–H groups in total. The number of ether oxygens (including phenoxy) is 1. The van der Waals surface area contributed by atoms with E-state index in [1.807, 2.05) is 19.1 Å². The van der Waals surface area contributed by atoms with Crippen molar-refractivity contribution in [3.05, 3.63) is 95.9 Å². The summed E-state index contributed by atoms with van der Waals surface area (Å²) in [5.74, 6) is -1.32. The lowest BCUT2D eigenvalue weighted by molar-refractivity contribution is -0.120. The van der Waals surface area contributed by atoms with Gasteiger partial charge in [-0.15, -0.1) is 0 Å². The number of imide groups is 1. The summed E-state index contributed by atoms with van der Waals surface area (Å²) < 4.78 is 20.1. The van der Waals surface area contributed by atoms with Gasteiger partial charge in [0.25, 0.3) is 11.8 Å². The maximum Gasteiger partial charge on any atom is 0.282 e. The van der Waals surface area contributed by atoms with Crippen molar-refractivity contribution in [1.29, 1.82) is 0 Å². The molecule has 3 aromatic rings. The molecule has 1 heterocycles. The highest BCUT2D eigenvalue weighted by Crippen LogP contribution is 2.36. The Hall–Kier alpha value is -3.93. The Morgan fingerprint density at radius 2 is 1.53 bits per heavy atom. The molecule has 1 aliphatic heterocycles. The first-order valence-corrected chi connectivity index (χ1v) is 9.53. The molecular formula is C24H19FN2O3. The van der Waals surface area contributed by atoms with Crippen molar-refractivity contribution in [3.8, 4) is 5.75 Å². The minimum atomic E-state index is -0.650. The van der Waals surface area contributed by atoms with Crippen LogP contribution in [0.1, 0.15) is 12.5 Å². The summed E-state index contributed by atoms with van der Waals surface area (Å²) in [5, 5.41) is 3.06. The molecule has 0 saturated heterocycles. The Labute approximate surface area is 173 Å². The molecule has 6 heteroatoms. The number of hydrogen-bond acceptors (Lipinski definition) is 4. The minimum absolute atomic E-state index is 0.0709. The molecule has 0 atom stereocenters. The van der Waals surface area contributed by atoms with Gasteiger partial charge in [0.1, 0.15) is 17.3 Å². The molecule has 5 nitrogen and oxygen atoms in total. The first-order valence-electron chi connectivity index (χ1n) is 9.53. The second kappa shape index (κ2) is 8.21. The molecule has 0 bridgehead atoms. The quantitative estimate of drug-likeness (QED) is 0.611. The largest absolute Gasteiger partial charge is 0.492 e. The van der Waals surface area contributed by atoms with Crippen molar-refractivity contribution in [2.24, 2.45) is 0 Å². The Bertz CT molecular complexity index is 1140. The molecule has 1 aliphatic rings. The standard InChI is InChI=1S/C24H19FN2O3/c1-2-30-20-15-9-7-13-18(20)26-22-21(16-10-4-3-5-11-16)23(28)27(24(22)29)19-14-8-6-12-17(19)25/h3-15,26H,2H2,1H3. The second-order valence-electron chi connectivity index (χ2n) is 6.57. The third kappa shape index (κ3) is 3.43. The van der Waals surface area contributed by atoms with E-state index in [-0.39, 0.29) is 17.0 Å². The number of para-hydroxylation sites is 3. The number of anilines is 2. The van der Waals surface area contributed by atoms with E-state index in [1.165, 1.54) is 18.2 Å². The van der Waals surface area contributed by atoms with E-state index in [1.54, 1.807) is 48.5 Å². The second-order valence-corrected chi connectivity index (χ2v) is 6.57. The molecule has 3 aromatic carbocycles. The number of hydrogen-bond donors (Lipinski definition) is 1. The van der Waals surface area contributed by atoms with Gasteiger partial charge in [0.05, 0.1) is 23.6 Å². The monoisotopic (exact) mass is 402 g/mol. The molecule has 4 rings (SSSR count). The highest BCUT2D eigenvalue weighted by molar-refractivity contribution is 6.46. The van der Waals surface area contributed by atoms with Crippen LogP contribution in [-0.4, -0.2) is 18.4 Å². The van der Waals surface area contributed by atoms with Gasteiger partial charge in [-0.1, -0.05) is 54.6 Å². The molecule has 0 spiro atoms. The summed E-state index contributed by atoms with van der Waals surface area (Å²) >= 11 is 0. The van der Waals surface area contributed by atoms with E-state index < -0.39 is 17.6 Å². The SMILES string of the molecule is CCOc1ccccc1NC1=C(c2ccccc2)C(=O)N(c2ccccc2F)C1=O. The van der Waals surface area contributed by atoms with E-state index >= 15 is 0 Å². The van der Waals surface area contributed by atoms with Crippen molar-refractivity contribution >= 4 is 28.8 Å². The molecule has 0 aromatic heterocycles. The van der Waals surface area contributed by atoms with Crippen molar-refractivity contribution in [2.75, 3.05) is 16.8 Å². The zero-order valence-corrected chi connectivity index (χ0v) is 16.3. The molecule has 0 radical (unpaired) electrons. The Balaban J connectivity index is 1.84. The van der Waals surface area contributed by atoms with Gasteiger partial charge < -0.3 is 10.1 Å². The Morgan fingerprint density at radius 1 is 0.867 bits per heavy atom. The van der Waals surface area contributed by atoms with E-state index in [2.05, 4.69) is 5.32 Å². The molecule has 2 amide bonds. The fourth-order valence-electron chi connectivity index (χ4n) is 3.36. The van der Waals surface area contributed by atoms with Crippen LogP contribution in [0.5, 0.6) is 5.75 Å². The van der Waals surface area contributed by atoms with Crippen LogP contribution < -0.4 is 15.0 Å². The smallest absolute Gasteiger partial charge is 0.282 e. The molecule has 0 aliphatic carbocycles. The van der Waals surface area contributed by atoms with Gasteiger partial charge >= 0.3 is 0 Å². The summed E-state index contributed by atoms with van der Waals surface area (Å²) in [6, 6.07) is 21.7. The van der Waals surface area contributed by atoms with Gasteiger partial charge in [0, 0.05) is 0 Å². The maximum atomic E-state index is 14.4. The lowest BCUT2D eigenvalue weighted by Gasteiger charge is -2.16. The van der Waals surface area contributed by atoms with E-state index in [4.69, 9.17) is 4.74 Å². The van der Waals surface area contributed by atoms with Crippen molar-refractivity contribution in [1.82, 2.24) is 0 Å². The average Bonchev–Trinajstić information content (AvgIpc) is 3.00. The first kappa shape index (κ1) is 19.4. The summed E-state index contributed by atoms with van der Waals surface area (Å²) in [6.45, 7) is 2.30. The van der Waals surface area contributed by atoms with Crippen LogP contribution in [0.15, 0.2) is 84.6 Å². The van der Waals surface area contributed by atoms with Crippen LogP contribution in [0.2, 0.25) is 0 Å². The van der Waals surface area contributed by atoms with Gasteiger partial charge in [-0.05, 0) is 36.8 Å². The number of amides is 2. The van der Waals surface area contributed by atoms with Gasteiger partial charge in [0.15, 0.2) is 0 Å². The topological polar surface area (TPSA) is 58.6 Å². The highest BCUT2D eigenvalue weighted by Gasteiger charge is 2.41. The normalized spacial score (nSPS) is 13.7. The summed E-state index contributed by atoms with van der Waals surface area (Å²) in [7, 11) is 0. The number of rotatable bonds is 6. The molecule has 150 valence electrons. The lowest BCUT2D eigenvalue weighted by atomic mass is 10.0. The van der Waals surface area contributed by atoms with Crippen molar-refractivity contribution < 1.29 is 18.7 Å². The van der Waals surface area contributed by atoms with E-state index in [0.717, 1.165) is 4.90 Å². The van der Waals surface area contributed by atoms with Crippen LogP contribution in [0.3, 0.4) is 0 Å². The number of carbonyl (C=O) groups excluding carboxylic acids is 2. The Morgan fingerprint density at radius 3 is 2.27 bits per heavy atom.